The zero-order valence-corrected chi connectivity index (χ0v) is 15.3. The van der Waals surface area contributed by atoms with E-state index >= 15 is 0 Å². The van der Waals surface area contributed by atoms with Gasteiger partial charge in [-0.3, -0.25) is 14.6 Å². The number of pyridine rings is 1. The van der Waals surface area contributed by atoms with Crippen molar-refractivity contribution in [3.8, 4) is 0 Å². The third kappa shape index (κ3) is 4.28. The zero-order chi connectivity index (χ0) is 18.5. The molecule has 2 aromatic rings. The fraction of sp³-hybridized carbons (Fsp3) is 0.474. The molecule has 3 heterocycles. The van der Waals surface area contributed by atoms with Crippen LogP contribution in [0.15, 0.2) is 36.9 Å². The van der Waals surface area contributed by atoms with Gasteiger partial charge in [0, 0.05) is 71.4 Å². The minimum Gasteiger partial charge on any atom is -0.345 e. The average molecular weight is 355 g/mol. The summed E-state index contributed by atoms with van der Waals surface area (Å²) in [5.41, 5.74) is 1.03. The Morgan fingerprint density at radius 3 is 2.77 bits per heavy atom. The second-order valence-electron chi connectivity index (χ2n) is 6.85. The highest BCUT2D eigenvalue weighted by Gasteiger charge is 2.35. The highest BCUT2D eigenvalue weighted by molar-refractivity contribution is 5.89. The molecular weight excluding hydrogens is 330 g/mol. The van der Waals surface area contributed by atoms with Crippen molar-refractivity contribution >= 4 is 11.8 Å². The predicted molar refractivity (Wildman–Crippen MR) is 96.9 cm³/mol. The summed E-state index contributed by atoms with van der Waals surface area (Å²) >= 11 is 0. The van der Waals surface area contributed by atoms with Crippen molar-refractivity contribution in [1.29, 1.82) is 0 Å². The number of carbonyl (C=O) groups is 2. The van der Waals surface area contributed by atoms with Crippen molar-refractivity contribution in [2.75, 3.05) is 20.1 Å². The summed E-state index contributed by atoms with van der Waals surface area (Å²) < 4.78 is 1.99. The van der Waals surface area contributed by atoms with Gasteiger partial charge in [0.1, 0.15) is 5.82 Å². The number of likely N-dealkylation sites (tertiary alicyclic amines) is 1. The molecule has 3 rings (SSSR count). The Hall–Kier alpha value is -2.70. The Morgan fingerprint density at radius 2 is 2.08 bits per heavy atom. The van der Waals surface area contributed by atoms with E-state index in [1.54, 1.807) is 28.4 Å². The van der Waals surface area contributed by atoms with E-state index in [0.29, 0.717) is 26.1 Å². The minimum absolute atomic E-state index is 0.0431. The van der Waals surface area contributed by atoms with Crippen LogP contribution in [-0.4, -0.2) is 56.3 Å². The molecule has 0 aliphatic carbocycles. The van der Waals surface area contributed by atoms with Crippen LogP contribution in [-0.2, 0) is 29.6 Å². The number of aryl methyl sites for hydroxylation is 2. The van der Waals surface area contributed by atoms with E-state index in [4.69, 9.17) is 0 Å². The lowest BCUT2D eigenvalue weighted by Gasteiger charge is -2.21. The SMILES string of the molecule is CN(CCCc1nccn1C)C(=O)C1CC(=O)N(Cc2ccncc2)C1. The molecule has 1 atom stereocenters. The van der Waals surface area contributed by atoms with Gasteiger partial charge in [-0.2, -0.15) is 0 Å². The van der Waals surface area contributed by atoms with Crippen LogP contribution in [0.1, 0.15) is 24.2 Å². The van der Waals surface area contributed by atoms with E-state index in [0.717, 1.165) is 24.2 Å². The molecule has 2 aromatic heterocycles. The minimum atomic E-state index is -0.248. The lowest BCUT2D eigenvalue weighted by Crippen LogP contribution is -2.35. The third-order valence-electron chi connectivity index (χ3n) is 4.88. The Morgan fingerprint density at radius 1 is 1.31 bits per heavy atom. The summed E-state index contributed by atoms with van der Waals surface area (Å²) in [6.07, 6.45) is 9.13. The molecule has 1 aliphatic heterocycles. The van der Waals surface area contributed by atoms with E-state index in [1.165, 1.54) is 0 Å². The number of imidazole rings is 1. The van der Waals surface area contributed by atoms with Crippen molar-refractivity contribution < 1.29 is 9.59 Å². The van der Waals surface area contributed by atoms with E-state index in [2.05, 4.69) is 9.97 Å². The molecule has 1 fully saturated rings. The molecular formula is C19H25N5O2. The quantitative estimate of drug-likeness (QED) is 0.750. The largest absolute Gasteiger partial charge is 0.345 e. The van der Waals surface area contributed by atoms with Gasteiger partial charge in [-0.1, -0.05) is 0 Å². The van der Waals surface area contributed by atoms with Crippen LogP contribution < -0.4 is 0 Å². The Kier molecular flexibility index (Phi) is 5.65. The van der Waals surface area contributed by atoms with Crippen molar-refractivity contribution in [2.45, 2.75) is 25.8 Å². The number of aromatic nitrogens is 3. The topological polar surface area (TPSA) is 71.3 Å². The molecule has 7 heteroatoms. The monoisotopic (exact) mass is 355 g/mol. The Labute approximate surface area is 153 Å². The number of hydrogen-bond donors (Lipinski definition) is 0. The smallest absolute Gasteiger partial charge is 0.227 e. The van der Waals surface area contributed by atoms with Gasteiger partial charge in [0.2, 0.25) is 11.8 Å². The van der Waals surface area contributed by atoms with E-state index in [9.17, 15) is 9.59 Å². The van der Waals surface area contributed by atoms with Gasteiger partial charge in [0.25, 0.3) is 0 Å². The van der Waals surface area contributed by atoms with Gasteiger partial charge in [0.05, 0.1) is 5.92 Å². The molecule has 1 unspecified atom stereocenters. The Balaban J connectivity index is 1.48. The first-order valence-electron chi connectivity index (χ1n) is 8.92. The van der Waals surface area contributed by atoms with E-state index in [1.807, 2.05) is 37.0 Å². The number of rotatable bonds is 7. The van der Waals surface area contributed by atoms with Crippen LogP contribution in [0.25, 0.3) is 0 Å². The molecule has 0 bridgehead atoms. The predicted octanol–water partition coefficient (Wildman–Crippen LogP) is 1.25. The maximum atomic E-state index is 12.7. The average Bonchev–Trinajstić information content (AvgIpc) is 3.21. The van der Waals surface area contributed by atoms with Crippen LogP contribution in [0.5, 0.6) is 0 Å². The van der Waals surface area contributed by atoms with Gasteiger partial charge in [-0.25, -0.2) is 4.98 Å². The van der Waals surface area contributed by atoms with Crippen LogP contribution >= 0.6 is 0 Å². The number of hydrogen-bond acceptors (Lipinski definition) is 4. The molecule has 138 valence electrons. The number of carbonyl (C=O) groups excluding carboxylic acids is 2. The van der Waals surface area contributed by atoms with Gasteiger partial charge in [0.15, 0.2) is 0 Å². The lowest BCUT2D eigenvalue weighted by atomic mass is 10.1. The van der Waals surface area contributed by atoms with E-state index in [-0.39, 0.29) is 17.7 Å². The summed E-state index contributed by atoms with van der Waals surface area (Å²) in [7, 11) is 3.79. The molecule has 0 N–H and O–H groups in total. The van der Waals surface area contributed by atoms with Crippen molar-refractivity contribution in [2.24, 2.45) is 13.0 Å². The normalized spacial score (nSPS) is 16.9. The van der Waals surface area contributed by atoms with Crippen LogP contribution in [0.4, 0.5) is 0 Å². The van der Waals surface area contributed by atoms with Crippen LogP contribution in [0.3, 0.4) is 0 Å². The first-order chi connectivity index (χ1) is 12.5. The van der Waals surface area contributed by atoms with Crippen molar-refractivity contribution in [3.63, 3.8) is 0 Å². The molecule has 2 amide bonds. The lowest BCUT2D eigenvalue weighted by molar-refractivity contribution is -0.134. The molecule has 7 nitrogen and oxygen atoms in total. The standard InChI is InChI=1S/C19H25N5O2/c1-22-11-9-21-17(22)4-3-10-23(2)19(26)16-12-18(25)24(14-16)13-15-5-7-20-8-6-15/h5-9,11,16H,3-4,10,12-14H2,1-2H3. The molecule has 0 saturated carbocycles. The summed E-state index contributed by atoms with van der Waals surface area (Å²) in [5.74, 6) is 0.866. The molecule has 0 radical (unpaired) electrons. The van der Waals surface area contributed by atoms with Gasteiger partial charge < -0.3 is 14.4 Å². The number of nitrogens with zero attached hydrogens (tertiary/aromatic N) is 5. The highest BCUT2D eigenvalue weighted by atomic mass is 16.2. The molecule has 1 aliphatic rings. The maximum Gasteiger partial charge on any atom is 0.227 e. The molecule has 0 aromatic carbocycles. The van der Waals surface area contributed by atoms with Crippen molar-refractivity contribution in [3.05, 3.63) is 48.3 Å². The fourth-order valence-electron chi connectivity index (χ4n) is 3.33. The second kappa shape index (κ2) is 8.12. The molecule has 0 spiro atoms. The van der Waals surface area contributed by atoms with Gasteiger partial charge >= 0.3 is 0 Å². The molecule has 26 heavy (non-hydrogen) atoms. The summed E-state index contributed by atoms with van der Waals surface area (Å²) in [4.78, 5) is 36.7. The summed E-state index contributed by atoms with van der Waals surface area (Å²) in [5, 5.41) is 0. The van der Waals surface area contributed by atoms with Crippen molar-refractivity contribution in [1.82, 2.24) is 24.3 Å². The first-order valence-corrected chi connectivity index (χ1v) is 8.92. The Bertz CT molecular complexity index is 758. The highest BCUT2D eigenvalue weighted by Crippen LogP contribution is 2.22. The summed E-state index contributed by atoms with van der Waals surface area (Å²) in [6.45, 7) is 1.69. The first kappa shape index (κ1) is 18.1. The van der Waals surface area contributed by atoms with Crippen LogP contribution in [0.2, 0.25) is 0 Å². The second-order valence-corrected chi connectivity index (χ2v) is 6.85. The molecule has 1 saturated heterocycles. The van der Waals surface area contributed by atoms with E-state index < -0.39 is 0 Å². The number of amides is 2. The van der Waals surface area contributed by atoms with Gasteiger partial charge in [-0.05, 0) is 24.1 Å². The van der Waals surface area contributed by atoms with Crippen LogP contribution in [0, 0.1) is 5.92 Å². The fourth-order valence-corrected chi connectivity index (χ4v) is 3.33. The maximum absolute atomic E-state index is 12.7. The van der Waals surface area contributed by atoms with Gasteiger partial charge in [-0.15, -0.1) is 0 Å². The third-order valence-corrected chi connectivity index (χ3v) is 4.88. The zero-order valence-electron chi connectivity index (χ0n) is 15.3. The summed E-state index contributed by atoms with van der Waals surface area (Å²) in [6, 6.07) is 3.79.